The van der Waals surface area contributed by atoms with Gasteiger partial charge in [0.1, 0.15) is 0 Å². The minimum Gasteiger partial charge on any atom is -0.449 e. The summed E-state index contributed by atoms with van der Waals surface area (Å²) in [7, 11) is 0. The van der Waals surface area contributed by atoms with Crippen LogP contribution in [0.15, 0.2) is 47.4 Å². The first-order valence-corrected chi connectivity index (χ1v) is 11.2. The van der Waals surface area contributed by atoms with E-state index in [0.717, 1.165) is 36.0 Å². The summed E-state index contributed by atoms with van der Waals surface area (Å²) in [5.74, 6) is 0.329. The van der Waals surface area contributed by atoms with Gasteiger partial charge in [0.15, 0.2) is 5.75 Å². The third-order valence-electron chi connectivity index (χ3n) is 5.91. The third kappa shape index (κ3) is 4.89. The molecule has 0 bridgehead atoms. The van der Waals surface area contributed by atoms with Gasteiger partial charge in [-0.15, -0.1) is 0 Å². The van der Waals surface area contributed by atoms with Crippen molar-refractivity contribution in [3.8, 4) is 5.75 Å². The molecule has 0 radical (unpaired) electrons. The Kier molecular flexibility index (Phi) is 6.54. The summed E-state index contributed by atoms with van der Waals surface area (Å²) in [6.07, 6.45) is 6.45. The van der Waals surface area contributed by atoms with E-state index in [2.05, 4.69) is 0 Å². The second-order valence-corrected chi connectivity index (χ2v) is 8.87. The lowest BCUT2D eigenvalue weighted by atomic mass is 9.89. The number of hydrogen-bond acceptors (Lipinski definition) is 3. The van der Waals surface area contributed by atoms with Gasteiger partial charge in [-0.3, -0.25) is 4.79 Å². The van der Waals surface area contributed by atoms with Crippen molar-refractivity contribution in [1.29, 1.82) is 0 Å². The number of aromatic nitrogens is 1. The molecule has 31 heavy (non-hydrogen) atoms. The Morgan fingerprint density at radius 2 is 1.90 bits per heavy atom. The normalized spacial score (nSPS) is 14.6. The zero-order valence-electron chi connectivity index (χ0n) is 16.9. The van der Waals surface area contributed by atoms with E-state index in [1.54, 1.807) is 12.1 Å². The van der Waals surface area contributed by atoms with E-state index in [1.807, 2.05) is 28.8 Å². The first-order chi connectivity index (χ1) is 14.9. The predicted octanol–water partition coefficient (Wildman–Crippen LogP) is 6.54. The Morgan fingerprint density at radius 3 is 2.65 bits per heavy atom. The summed E-state index contributed by atoms with van der Waals surface area (Å²) < 4.78 is 6.78. The summed E-state index contributed by atoms with van der Waals surface area (Å²) >= 11 is 12.5. The van der Waals surface area contributed by atoms with Gasteiger partial charge >= 0.3 is 6.16 Å². The van der Waals surface area contributed by atoms with Gasteiger partial charge in [0, 0.05) is 11.9 Å². The van der Waals surface area contributed by atoms with Crippen molar-refractivity contribution in [2.45, 2.75) is 45.1 Å². The number of fused-ring (bicyclic) bond motifs is 1. The Hall–Kier alpha value is -2.50. The maximum atomic E-state index is 13.0. The molecule has 1 saturated carbocycles. The van der Waals surface area contributed by atoms with Crippen LogP contribution in [0.25, 0.3) is 10.9 Å². The van der Waals surface area contributed by atoms with Crippen molar-refractivity contribution in [2.24, 2.45) is 5.92 Å². The van der Waals surface area contributed by atoms with Crippen molar-refractivity contribution in [2.75, 3.05) is 0 Å². The zero-order chi connectivity index (χ0) is 22.0. The molecule has 5 nitrogen and oxygen atoms in total. The topological polar surface area (TPSA) is 68.5 Å². The smallest absolute Gasteiger partial charge is 0.449 e. The largest absolute Gasteiger partial charge is 0.511 e. The van der Waals surface area contributed by atoms with Crippen molar-refractivity contribution in [1.82, 2.24) is 4.57 Å². The first kappa shape index (κ1) is 21.7. The van der Waals surface area contributed by atoms with E-state index in [0.29, 0.717) is 27.8 Å². The molecule has 1 fully saturated rings. The van der Waals surface area contributed by atoms with Crippen LogP contribution in [0.2, 0.25) is 10.0 Å². The van der Waals surface area contributed by atoms with Crippen molar-refractivity contribution in [3.05, 3.63) is 74.0 Å². The molecule has 1 aliphatic rings. The number of carbonyl (C=O) groups is 1. The number of nitrogens with zero attached hydrogens (tertiary/aromatic N) is 1. The predicted molar refractivity (Wildman–Crippen MR) is 123 cm³/mol. The Morgan fingerprint density at radius 1 is 1.13 bits per heavy atom. The van der Waals surface area contributed by atoms with Gasteiger partial charge in [0.25, 0.3) is 0 Å². The van der Waals surface area contributed by atoms with Crippen LogP contribution in [0.5, 0.6) is 5.75 Å². The number of ether oxygens (including phenoxy) is 1. The molecule has 1 heterocycles. The summed E-state index contributed by atoms with van der Waals surface area (Å²) in [6, 6.07) is 11.1. The second-order valence-electron chi connectivity index (χ2n) is 8.09. The highest BCUT2D eigenvalue weighted by atomic mass is 35.5. The molecule has 2 aromatic carbocycles. The SMILES string of the molecule is O=C(O)Oc1cn(CC2CCCCC2)c2ccc(Cc3cccc(Cl)c3Cl)cc2c1=O. The van der Waals surface area contributed by atoms with Gasteiger partial charge in [-0.05, 0) is 54.5 Å². The molecule has 1 N–H and O–H groups in total. The average molecular weight is 460 g/mol. The highest BCUT2D eigenvalue weighted by Crippen LogP contribution is 2.29. The summed E-state index contributed by atoms with van der Waals surface area (Å²) in [5, 5.41) is 10.5. The third-order valence-corrected chi connectivity index (χ3v) is 6.77. The van der Waals surface area contributed by atoms with E-state index in [1.165, 1.54) is 25.5 Å². The van der Waals surface area contributed by atoms with Crippen molar-refractivity contribution >= 4 is 40.3 Å². The number of carboxylic acid groups (broad SMARTS) is 1. The Balaban J connectivity index is 1.76. The molecule has 0 amide bonds. The van der Waals surface area contributed by atoms with Crippen LogP contribution in [0.4, 0.5) is 4.79 Å². The Bertz CT molecular complexity index is 1180. The number of benzene rings is 2. The standard InChI is InChI=1S/C24H23Cl2NO4/c25-19-8-4-7-17(22(19)26)11-16-9-10-20-18(12-16)23(28)21(31-24(29)30)14-27(20)13-15-5-2-1-3-6-15/h4,7-10,12,14-15H,1-3,5-6,11,13H2,(H,29,30). The van der Waals surface area contributed by atoms with Crippen LogP contribution < -0.4 is 10.2 Å². The average Bonchev–Trinajstić information content (AvgIpc) is 2.75. The van der Waals surface area contributed by atoms with Crippen LogP contribution in [-0.4, -0.2) is 15.8 Å². The number of rotatable bonds is 5. The molecule has 0 unspecified atom stereocenters. The van der Waals surface area contributed by atoms with Crippen molar-refractivity contribution < 1.29 is 14.6 Å². The van der Waals surface area contributed by atoms with Gasteiger partial charge < -0.3 is 14.4 Å². The summed E-state index contributed by atoms with van der Waals surface area (Å²) in [6.45, 7) is 0.728. The molecular weight excluding hydrogens is 437 g/mol. The number of halogens is 2. The number of pyridine rings is 1. The van der Waals surface area contributed by atoms with Crippen LogP contribution in [0.3, 0.4) is 0 Å². The molecule has 162 valence electrons. The quantitative estimate of drug-likeness (QED) is 0.439. The maximum absolute atomic E-state index is 13.0. The molecule has 0 spiro atoms. The van der Waals surface area contributed by atoms with E-state index < -0.39 is 11.6 Å². The highest BCUT2D eigenvalue weighted by Gasteiger charge is 2.18. The molecule has 1 aliphatic carbocycles. The minimum atomic E-state index is -1.50. The minimum absolute atomic E-state index is 0.172. The summed E-state index contributed by atoms with van der Waals surface area (Å²) in [4.78, 5) is 24.1. The fraction of sp³-hybridized carbons (Fsp3) is 0.333. The first-order valence-electron chi connectivity index (χ1n) is 10.4. The molecule has 0 saturated heterocycles. The fourth-order valence-electron chi connectivity index (χ4n) is 4.40. The molecular formula is C24H23Cl2NO4. The zero-order valence-corrected chi connectivity index (χ0v) is 18.5. The lowest BCUT2D eigenvalue weighted by Gasteiger charge is -2.24. The molecule has 1 aromatic heterocycles. The lowest BCUT2D eigenvalue weighted by molar-refractivity contribution is 0.143. The van der Waals surface area contributed by atoms with E-state index in [4.69, 9.17) is 33.0 Å². The highest BCUT2D eigenvalue weighted by molar-refractivity contribution is 6.42. The van der Waals surface area contributed by atoms with Crippen molar-refractivity contribution in [3.63, 3.8) is 0 Å². The monoisotopic (exact) mass is 459 g/mol. The van der Waals surface area contributed by atoms with Gasteiger partial charge in [-0.2, -0.15) is 0 Å². The van der Waals surface area contributed by atoms with Gasteiger partial charge in [-0.1, -0.05) is 60.7 Å². The van der Waals surface area contributed by atoms with Gasteiger partial charge in [0.05, 0.1) is 21.8 Å². The van der Waals surface area contributed by atoms with Crippen LogP contribution in [0, 0.1) is 5.92 Å². The van der Waals surface area contributed by atoms with E-state index in [9.17, 15) is 9.59 Å². The number of hydrogen-bond donors (Lipinski definition) is 1. The molecule has 7 heteroatoms. The van der Waals surface area contributed by atoms with Gasteiger partial charge in [0.2, 0.25) is 5.43 Å². The van der Waals surface area contributed by atoms with Gasteiger partial charge in [-0.25, -0.2) is 4.79 Å². The molecule has 3 aromatic rings. The maximum Gasteiger partial charge on any atom is 0.511 e. The lowest BCUT2D eigenvalue weighted by Crippen LogP contribution is -2.20. The second kappa shape index (κ2) is 9.33. The molecule has 0 atom stereocenters. The van der Waals surface area contributed by atoms with Crippen LogP contribution >= 0.6 is 23.2 Å². The fourth-order valence-corrected chi connectivity index (χ4v) is 4.79. The molecule has 4 rings (SSSR count). The summed E-state index contributed by atoms with van der Waals surface area (Å²) in [5.41, 5.74) is 2.07. The van der Waals surface area contributed by atoms with Crippen LogP contribution in [0.1, 0.15) is 43.2 Å². The Labute approximate surface area is 190 Å². The van der Waals surface area contributed by atoms with Crippen LogP contribution in [-0.2, 0) is 13.0 Å². The van der Waals surface area contributed by atoms with E-state index in [-0.39, 0.29) is 5.75 Å². The molecule has 0 aliphatic heterocycles. The van der Waals surface area contributed by atoms with E-state index >= 15 is 0 Å².